The van der Waals surface area contributed by atoms with Gasteiger partial charge in [0.15, 0.2) is 11.5 Å². The Morgan fingerprint density at radius 1 is 1.03 bits per heavy atom. The first-order valence-corrected chi connectivity index (χ1v) is 10.8. The molecule has 0 spiro atoms. The molecule has 1 aliphatic heterocycles. The van der Waals surface area contributed by atoms with Crippen molar-refractivity contribution in [3.05, 3.63) is 53.2 Å². The van der Waals surface area contributed by atoms with Gasteiger partial charge >= 0.3 is 0 Å². The monoisotopic (exact) mass is 420 g/mol. The normalized spacial score (nSPS) is 15.2. The second kappa shape index (κ2) is 8.28. The van der Waals surface area contributed by atoms with Gasteiger partial charge in [-0.05, 0) is 37.1 Å². The third-order valence-electron chi connectivity index (χ3n) is 6.25. The van der Waals surface area contributed by atoms with Crippen molar-refractivity contribution in [2.24, 2.45) is 0 Å². The van der Waals surface area contributed by atoms with Crippen molar-refractivity contribution in [3.63, 3.8) is 0 Å². The SMILES string of the molecule is COc1ccc(Cc2nc3c4c(C)c(C)n(CCN5CCOCC5)c4ncn3n2)cc1. The first-order valence-electron chi connectivity index (χ1n) is 10.8. The fraction of sp³-hybridized carbons (Fsp3) is 0.435. The molecule has 4 aromatic rings. The number of rotatable bonds is 6. The number of hydrogen-bond donors (Lipinski definition) is 0. The Morgan fingerprint density at radius 3 is 2.55 bits per heavy atom. The molecule has 1 saturated heterocycles. The number of fused-ring (bicyclic) bond motifs is 3. The molecule has 162 valence electrons. The molecule has 0 aliphatic carbocycles. The highest BCUT2D eigenvalue weighted by molar-refractivity contribution is 5.93. The summed E-state index contributed by atoms with van der Waals surface area (Å²) in [4.78, 5) is 12.1. The quantitative estimate of drug-likeness (QED) is 0.478. The van der Waals surface area contributed by atoms with Crippen LogP contribution in [0.25, 0.3) is 16.7 Å². The summed E-state index contributed by atoms with van der Waals surface area (Å²) >= 11 is 0. The van der Waals surface area contributed by atoms with Crippen molar-refractivity contribution in [1.82, 2.24) is 29.0 Å². The van der Waals surface area contributed by atoms with E-state index in [2.05, 4.69) is 40.5 Å². The lowest BCUT2D eigenvalue weighted by Gasteiger charge is -2.26. The van der Waals surface area contributed by atoms with E-state index in [9.17, 15) is 0 Å². The maximum Gasteiger partial charge on any atom is 0.168 e. The van der Waals surface area contributed by atoms with Crippen LogP contribution in [-0.4, -0.2) is 69.0 Å². The van der Waals surface area contributed by atoms with Gasteiger partial charge < -0.3 is 14.0 Å². The van der Waals surface area contributed by atoms with E-state index in [4.69, 9.17) is 19.4 Å². The van der Waals surface area contributed by atoms with Gasteiger partial charge in [0, 0.05) is 38.3 Å². The molecule has 5 rings (SSSR count). The third kappa shape index (κ3) is 3.77. The van der Waals surface area contributed by atoms with Gasteiger partial charge in [-0.15, -0.1) is 5.10 Å². The average molecular weight is 421 g/mol. The van der Waals surface area contributed by atoms with Gasteiger partial charge in [-0.1, -0.05) is 12.1 Å². The lowest BCUT2D eigenvalue weighted by Crippen LogP contribution is -2.38. The van der Waals surface area contributed by atoms with Gasteiger partial charge in [-0.25, -0.2) is 14.5 Å². The minimum Gasteiger partial charge on any atom is -0.497 e. The molecule has 0 N–H and O–H groups in total. The Balaban J connectivity index is 1.46. The Labute approximate surface area is 181 Å². The van der Waals surface area contributed by atoms with Gasteiger partial charge in [0.2, 0.25) is 0 Å². The highest BCUT2D eigenvalue weighted by atomic mass is 16.5. The zero-order chi connectivity index (χ0) is 21.4. The summed E-state index contributed by atoms with van der Waals surface area (Å²) in [5.41, 5.74) is 5.47. The fourth-order valence-corrected chi connectivity index (χ4v) is 4.32. The molecule has 0 bridgehead atoms. The molecule has 3 aromatic heterocycles. The Kier molecular flexibility index (Phi) is 5.33. The zero-order valence-corrected chi connectivity index (χ0v) is 18.3. The maximum absolute atomic E-state index is 5.47. The van der Waals surface area contributed by atoms with Crippen LogP contribution in [0.5, 0.6) is 5.75 Å². The molecule has 1 aliphatic rings. The van der Waals surface area contributed by atoms with E-state index < -0.39 is 0 Å². The summed E-state index contributed by atoms with van der Waals surface area (Å²) in [5, 5.41) is 5.77. The van der Waals surface area contributed by atoms with Crippen LogP contribution >= 0.6 is 0 Å². The second-order valence-corrected chi connectivity index (χ2v) is 8.08. The van der Waals surface area contributed by atoms with Gasteiger partial charge in [-0.3, -0.25) is 4.90 Å². The number of morpholine rings is 1. The van der Waals surface area contributed by atoms with Crippen LogP contribution < -0.4 is 4.74 Å². The third-order valence-corrected chi connectivity index (χ3v) is 6.25. The summed E-state index contributed by atoms with van der Waals surface area (Å²) in [7, 11) is 1.67. The molecule has 0 amide bonds. The Morgan fingerprint density at radius 2 is 1.81 bits per heavy atom. The molecule has 1 aromatic carbocycles. The average Bonchev–Trinajstić information content (AvgIpc) is 3.32. The molecule has 1 fully saturated rings. The van der Waals surface area contributed by atoms with E-state index in [0.29, 0.717) is 6.42 Å². The summed E-state index contributed by atoms with van der Waals surface area (Å²) < 4.78 is 14.8. The number of nitrogens with zero attached hydrogens (tertiary/aromatic N) is 6. The Hall–Kier alpha value is -2.97. The van der Waals surface area contributed by atoms with Crippen LogP contribution in [0.15, 0.2) is 30.6 Å². The van der Waals surface area contributed by atoms with Crippen LogP contribution in [0, 0.1) is 13.8 Å². The van der Waals surface area contributed by atoms with E-state index in [-0.39, 0.29) is 0 Å². The van der Waals surface area contributed by atoms with Crippen molar-refractivity contribution >= 4 is 16.7 Å². The fourth-order valence-electron chi connectivity index (χ4n) is 4.32. The summed E-state index contributed by atoms with van der Waals surface area (Å²) in [5.74, 6) is 1.64. The number of ether oxygens (including phenoxy) is 2. The standard InChI is InChI=1S/C23H28N6O2/c1-16-17(2)28(9-8-27-10-12-31-13-11-27)22-21(16)23-25-20(26-29(23)15-24-22)14-18-4-6-19(30-3)7-5-18/h4-7,15H,8-14H2,1-3H3. The molecule has 31 heavy (non-hydrogen) atoms. The van der Waals surface area contributed by atoms with Crippen molar-refractivity contribution in [2.75, 3.05) is 40.0 Å². The number of benzene rings is 1. The molecule has 4 heterocycles. The lowest BCUT2D eigenvalue weighted by molar-refractivity contribution is 0.0364. The lowest BCUT2D eigenvalue weighted by atomic mass is 10.1. The largest absolute Gasteiger partial charge is 0.497 e. The molecule has 0 radical (unpaired) electrons. The van der Waals surface area contributed by atoms with Gasteiger partial charge in [0.1, 0.15) is 17.7 Å². The maximum atomic E-state index is 5.47. The second-order valence-electron chi connectivity index (χ2n) is 8.08. The van der Waals surface area contributed by atoms with Crippen LogP contribution in [0.1, 0.15) is 22.6 Å². The molecule has 8 heteroatoms. The number of aromatic nitrogens is 5. The minimum atomic E-state index is 0.670. The predicted molar refractivity (Wildman–Crippen MR) is 119 cm³/mol. The van der Waals surface area contributed by atoms with Crippen LogP contribution in [0.2, 0.25) is 0 Å². The summed E-state index contributed by atoms with van der Waals surface area (Å²) in [6.07, 6.45) is 2.45. The minimum absolute atomic E-state index is 0.670. The van der Waals surface area contributed by atoms with Crippen molar-refractivity contribution in [2.45, 2.75) is 26.8 Å². The van der Waals surface area contributed by atoms with E-state index >= 15 is 0 Å². The summed E-state index contributed by atoms with van der Waals surface area (Å²) in [6.45, 7) is 9.85. The number of methoxy groups -OCH3 is 1. The van der Waals surface area contributed by atoms with Crippen LogP contribution in [-0.2, 0) is 17.7 Å². The highest BCUT2D eigenvalue weighted by Gasteiger charge is 2.19. The van der Waals surface area contributed by atoms with Crippen molar-refractivity contribution in [1.29, 1.82) is 0 Å². The van der Waals surface area contributed by atoms with E-state index in [1.165, 1.54) is 11.3 Å². The number of aryl methyl sites for hydroxylation is 1. The van der Waals surface area contributed by atoms with Crippen LogP contribution in [0.4, 0.5) is 0 Å². The number of hydrogen-bond acceptors (Lipinski definition) is 6. The zero-order valence-electron chi connectivity index (χ0n) is 18.3. The molecule has 0 atom stereocenters. The van der Waals surface area contributed by atoms with Crippen LogP contribution in [0.3, 0.4) is 0 Å². The smallest absolute Gasteiger partial charge is 0.168 e. The first-order chi connectivity index (χ1) is 15.1. The predicted octanol–water partition coefficient (Wildman–Crippen LogP) is 2.63. The molecular formula is C23H28N6O2. The highest BCUT2D eigenvalue weighted by Crippen LogP contribution is 2.27. The van der Waals surface area contributed by atoms with Gasteiger partial charge in [0.25, 0.3) is 0 Å². The van der Waals surface area contributed by atoms with Gasteiger partial charge in [0.05, 0.1) is 25.7 Å². The molecular weight excluding hydrogens is 392 g/mol. The van der Waals surface area contributed by atoms with Crippen molar-refractivity contribution < 1.29 is 9.47 Å². The van der Waals surface area contributed by atoms with E-state index in [1.54, 1.807) is 18.0 Å². The molecule has 0 unspecified atom stereocenters. The molecule has 0 saturated carbocycles. The summed E-state index contributed by atoms with van der Waals surface area (Å²) in [6, 6.07) is 8.03. The van der Waals surface area contributed by atoms with Gasteiger partial charge in [-0.2, -0.15) is 0 Å². The van der Waals surface area contributed by atoms with Crippen molar-refractivity contribution in [3.8, 4) is 5.75 Å². The Bertz CT molecular complexity index is 1200. The topological polar surface area (TPSA) is 69.7 Å². The van der Waals surface area contributed by atoms with E-state index in [1.807, 2.05) is 12.1 Å². The molecule has 8 nitrogen and oxygen atoms in total. The first kappa shape index (κ1) is 20.0. The van der Waals surface area contributed by atoms with E-state index in [0.717, 1.165) is 73.2 Å².